The predicted octanol–water partition coefficient (Wildman–Crippen LogP) is 1.49. The van der Waals surface area contributed by atoms with Crippen molar-refractivity contribution in [1.82, 2.24) is 9.97 Å². The molecule has 0 saturated carbocycles. The van der Waals surface area contributed by atoms with Gasteiger partial charge in [-0.3, -0.25) is 4.98 Å². The van der Waals surface area contributed by atoms with Crippen molar-refractivity contribution in [3.8, 4) is 0 Å². The second kappa shape index (κ2) is 5.14. The Morgan fingerprint density at radius 2 is 1.89 bits per heavy atom. The first-order valence-electron chi connectivity index (χ1n) is 5.35. The van der Waals surface area contributed by atoms with E-state index < -0.39 is 9.84 Å². The third kappa shape index (κ3) is 3.04. The maximum atomic E-state index is 11.6. The lowest BCUT2D eigenvalue weighted by molar-refractivity contribution is 0.601. The summed E-state index contributed by atoms with van der Waals surface area (Å²) in [4.78, 5) is 8.18. The number of nitrogens with one attached hydrogen (secondary N) is 1. The van der Waals surface area contributed by atoms with Gasteiger partial charge in [0, 0.05) is 31.4 Å². The summed E-state index contributed by atoms with van der Waals surface area (Å²) < 4.78 is 23.2. The molecular formula is C12H13N3O2S. The Kier molecular flexibility index (Phi) is 3.57. The first kappa shape index (κ1) is 12.5. The van der Waals surface area contributed by atoms with Gasteiger partial charge >= 0.3 is 0 Å². The fraction of sp³-hybridized carbons (Fsp3) is 0.167. The van der Waals surface area contributed by atoms with Gasteiger partial charge < -0.3 is 5.32 Å². The van der Waals surface area contributed by atoms with Crippen molar-refractivity contribution in [2.24, 2.45) is 0 Å². The quantitative estimate of drug-likeness (QED) is 0.905. The smallest absolute Gasteiger partial charge is 0.179 e. The van der Waals surface area contributed by atoms with E-state index in [1.54, 1.807) is 24.7 Å². The van der Waals surface area contributed by atoms with Crippen LogP contribution in [0.1, 0.15) is 5.56 Å². The molecule has 0 aliphatic rings. The Morgan fingerprint density at radius 3 is 2.56 bits per heavy atom. The van der Waals surface area contributed by atoms with Crippen LogP contribution >= 0.6 is 0 Å². The minimum atomic E-state index is -3.28. The molecule has 0 aliphatic carbocycles. The maximum Gasteiger partial charge on any atom is 0.179 e. The van der Waals surface area contributed by atoms with E-state index in [9.17, 15) is 8.42 Å². The Balaban J connectivity index is 2.20. The molecule has 0 spiro atoms. The predicted molar refractivity (Wildman–Crippen MR) is 68.9 cm³/mol. The van der Waals surface area contributed by atoms with Crippen LogP contribution in [-0.2, 0) is 16.4 Å². The lowest BCUT2D eigenvalue weighted by Gasteiger charge is -2.09. The summed E-state index contributed by atoms with van der Waals surface area (Å²) in [6.07, 6.45) is 6.10. The van der Waals surface area contributed by atoms with Crippen LogP contribution in [0.3, 0.4) is 0 Å². The summed E-state index contributed by atoms with van der Waals surface area (Å²) in [7, 11) is -3.28. The molecule has 0 fully saturated rings. The number of pyridine rings is 2. The first-order chi connectivity index (χ1) is 8.57. The summed E-state index contributed by atoms with van der Waals surface area (Å²) in [5, 5.41) is 3.02. The van der Waals surface area contributed by atoms with Crippen LogP contribution in [0.25, 0.3) is 0 Å². The Labute approximate surface area is 106 Å². The number of rotatable bonds is 4. The Hall–Kier alpha value is -1.95. The SMILES string of the molecule is CS(=O)(=O)c1cccnc1NCc1ccncc1. The summed E-state index contributed by atoms with van der Waals surface area (Å²) in [5.41, 5.74) is 1.01. The minimum Gasteiger partial charge on any atom is -0.365 e. The van der Waals surface area contributed by atoms with Crippen LogP contribution in [-0.4, -0.2) is 24.6 Å². The van der Waals surface area contributed by atoms with E-state index in [1.807, 2.05) is 12.1 Å². The maximum absolute atomic E-state index is 11.6. The van der Waals surface area contributed by atoms with Gasteiger partial charge in [0.25, 0.3) is 0 Å². The molecule has 2 heterocycles. The Bertz CT molecular complexity index is 627. The highest BCUT2D eigenvalue weighted by atomic mass is 32.2. The number of anilines is 1. The summed E-state index contributed by atoms with van der Waals surface area (Å²) in [6, 6.07) is 6.86. The first-order valence-corrected chi connectivity index (χ1v) is 7.24. The average Bonchev–Trinajstić information content (AvgIpc) is 2.37. The van der Waals surface area contributed by atoms with Gasteiger partial charge in [-0.2, -0.15) is 0 Å². The molecule has 2 aromatic heterocycles. The van der Waals surface area contributed by atoms with E-state index in [1.165, 1.54) is 12.3 Å². The van der Waals surface area contributed by atoms with E-state index in [0.717, 1.165) is 5.56 Å². The molecule has 0 unspecified atom stereocenters. The summed E-state index contributed by atoms with van der Waals surface area (Å²) in [6.45, 7) is 0.502. The molecule has 5 nitrogen and oxygen atoms in total. The van der Waals surface area contributed by atoms with Gasteiger partial charge in [-0.1, -0.05) is 0 Å². The van der Waals surface area contributed by atoms with E-state index >= 15 is 0 Å². The third-order valence-electron chi connectivity index (χ3n) is 2.38. The van der Waals surface area contributed by atoms with Crippen molar-refractivity contribution in [1.29, 1.82) is 0 Å². The van der Waals surface area contributed by atoms with Gasteiger partial charge in [0.2, 0.25) is 0 Å². The molecule has 0 aromatic carbocycles. The van der Waals surface area contributed by atoms with Gasteiger partial charge in [-0.25, -0.2) is 13.4 Å². The zero-order chi connectivity index (χ0) is 13.0. The molecule has 2 rings (SSSR count). The van der Waals surface area contributed by atoms with Crippen LogP contribution in [0.4, 0.5) is 5.82 Å². The molecule has 0 atom stereocenters. The molecule has 2 aromatic rings. The van der Waals surface area contributed by atoms with Crippen LogP contribution < -0.4 is 5.32 Å². The van der Waals surface area contributed by atoms with Gasteiger partial charge in [0.1, 0.15) is 10.7 Å². The van der Waals surface area contributed by atoms with Gasteiger partial charge in [-0.05, 0) is 29.8 Å². The number of hydrogen-bond acceptors (Lipinski definition) is 5. The lowest BCUT2D eigenvalue weighted by atomic mass is 10.3. The molecule has 0 saturated heterocycles. The van der Waals surface area contributed by atoms with E-state index in [-0.39, 0.29) is 4.90 Å². The van der Waals surface area contributed by atoms with Crippen LogP contribution in [0.5, 0.6) is 0 Å². The van der Waals surface area contributed by atoms with Crippen LogP contribution in [0.15, 0.2) is 47.8 Å². The third-order valence-corrected chi connectivity index (χ3v) is 3.51. The van der Waals surface area contributed by atoms with Crippen molar-refractivity contribution in [2.75, 3.05) is 11.6 Å². The lowest BCUT2D eigenvalue weighted by Crippen LogP contribution is -2.07. The molecule has 0 amide bonds. The van der Waals surface area contributed by atoms with Crippen LogP contribution in [0, 0.1) is 0 Å². The van der Waals surface area contributed by atoms with Crippen molar-refractivity contribution in [2.45, 2.75) is 11.4 Å². The molecule has 94 valence electrons. The fourth-order valence-electron chi connectivity index (χ4n) is 1.51. The second-order valence-electron chi connectivity index (χ2n) is 3.83. The number of hydrogen-bond donors (Lipinski definition) is 1. The largest absolute Gasteiger partial charge is 0.365 e. The number of nitrogens with zero attached hydrogens (tertiary/aromatic N) is 2. The molecular weight excluding hydrogens is 250 g/mol. The van der Waals surface area contributed by atoms with Crippen molar-refractivity contribution < 1.29 is 8.42 Å². The topological polar surface area (TPSA) is 72.0 Å². The summed E-state index contributed by atoms with van der Waals surface area (Å²) in [5.74, 6) is 0.372. The zero-order valence-corrected chi connectivity index (χ0v) is 10.7. The molecule has 6 heteroatoms. The van der Waals surface area contributed by atoms with Gasteiger partial charge in [0.05, 0.1) is 0 Å². The van der Waals surface area contributed by atoms with E-state index in [0.29, 0.717) is 12.4 Å². The molecule has 18 heavy (non-hydrogen) atoms. The molecule has 0 radical (unpaired) electrons. The highest BCUT2D eigenvalue weighted by molar-refractivity contribution is 7.90. The molecule has 0 aliphatic heterocycles. The highest BCUT2D eigenvalue weighted by Crippen LogP contribution is 2.18. The van der Waals surface area contributed by atoms with E-state index in [4.69, 9.17) is 0 Å². The Morgan fingerprint density at radius 1 is 1.17 bits per heavy atom. The van der Waals surface area contributed by atoms with Crippen molar-refractivity contribution in [3.63, 3.8) is 0 Å². The standard InChI is InChI=1S/C12H13N3O2S/c1-18(16,17)11-3-2-6-14-12(11)15-9-10-4-7-13-8-5-10/h2-8H,9H2,1H3,(H,14,15). The zero-order valence-electron chi connectivity index (χ0n) is 9.87. The van der Waals surface area contributed by atoms with Crippen molar-refractivity contribution in [3.05, 3.63) is 48.4 Å². The number of aromatic nitrogens is 2. The normalized spacial score (nSPS) is 11.2. The minimum absolute atomic E-state index is 0.207. The average molecular weight is 263 g/mol. The van der Waals surface area contributed by atoms with Gasteiger partial charge in [-0.15, -0.1) is 0 Å². The summed E-state index contributed by atoms with van der Waals surface area (Å²) >= 11 is 0. The van der Waals surface area contributed by atoms with E-state index in [2.05, 4.69) is 15.3 Å². The van der Waals surface area contributed by atoms with Crippen LogP contribution in [0.2, 0.25) is 0 Å². The molecule has 0 bridgehead atoms. The van der Waals surface area contributed by atoms with Gasteiger partial charge in [0.15, 0.2) is 9.84 Å². The number of sulfone groups is 1. The fourth-order valence-corrected chi connectivity index (χ4v) is 2.31. The monoisotopic (exact) mass is 263 g/mol. The second-order valence-corrected chi connectivity index (χ2v) is 5.82. The van der Waals surface area contributed by atoms with Crippen molar-refractivity contribution >= 4 is 15.7 Å². The molecule has 1 N–H and O–H groups in total. The highest BCUT2D eigenvalue weighted by Gasteiger charge is 2.13.